The van der Waals surface area contributed by atoms with Crippen molar-refractivity contribution in [1.82, 2.24) is 9.78 Å². The first-order valence-electron chi connectivity index (χ1n) is 5.85. The van der Waals surface area contributed by atoms with Crippen molar-refractivity contribution < 1.29 is 14.3 Å². The number of carbonyl (C=O) groups excluding carboxylic acids is 2. The maximum Gasteiger partial charge on any atom is 0.359 e. The second-order valence-corrected chi connectivity index (χ2v) is 4.79. The summed E-state index contributed by atoms with van der Waals surface area (Å²) in [5.41, 5.74) is 6.46. The van der Waals surface area contributed by atoms with Gasteiger partial charge >= 0.3 is 5.97 Å². The van der Waals surface area contributed by atoms with Crippen LogP contribution in [0.3, 0.4) is 0 Å². The molecular weight excluding hydrogens is 338 g/mol. The van der Waals surface area contributed by atoms with Crippen LogP contribution >= 0.6 is 15.9 Å². The Morgan fingerprint density at radius 2 is 2.24 bits per heavy atom. The van der Waals surface area contributed by atoms with E-state index in [0.717, 1.165) is 4.47 Å². The van der Waals surface area contributed by atoms with Crippen LogP contribution in [0.25, 0.3) is 5.69 Å². The normalized spacial score (nSPS) is 9.81. The third kappa shape index (κ3) is 3.30. The van der Waals surface area contributed by atoms with Crippen LogP contribution in [-0.4, -0.2) is 28.6 Å². The number of anilines is 1. The van der Waals surface area contributed by atoms with E-state index < -0.39 is 5.97 Å². The van der Waals surface area contributed by atoms with Crippen LogP contribution in [0.2, 0.25) is 0 Å². The van der Waals surface area contributed by atoms with Crippen LogP contribution < -0.4 is 5.73 Å². The Kier molecular flexibility index (Phi) is 5.66. The van der Waals surface area contributed by atoms with Crippen molar-refractivity contribution in [1.29, 1.82) is 0 Å². The van der Waals surface area contributed by atoms with Gasteiger partial charge in [0.2, 0.25) is 0 Å². The molecule has 0 aliphatic heterocycles. The molecule has 1 aromatic heterocycles. The molecule has 0 aliphatic rings. The summed E-state index contributed by atoms with van der Waals surface area (Å²) < 4.78 is 7.02. The molecule has 21 heavy (non-hydrogen) atoms. The molecule has 0 bridgehead atoms. The number of hydrogen-bond donors (Lipinski definition) is 1. The lowest BCUT2D eigenvalue weighted by Crippen LogP contribution is -2.08. The Morgan fingerprint density at radius 1 is 1.52 bits per heavy atom. The van der Waals surface area contributed by atoms with E-state index >= 15 is 0 Å². The van der Waals surface area contributed by atoms with Crippen LogP contribution in [0.15, 0.2) is 28.7 Å². The van der Waals surface area contributed by atoms with Crippen LogP contribution in [0.5, 0.6) is 0 Å². The molecule has 0 saturated carbocycles. The summed E-state index contributed by atoms with van der Waals surface area (Å²) in [6.07, 6.45) is 0.503. The van der Waals surface area contributed by atoms with E-state index in [1.807, 2.05) is 6.07 Å². The molecule has 1 aromatic carbocycles. The van der Waals surface area contributed by atoms with Gasteiger partial charge in [-0.15, -0.1) is 0 Å². The number of nitrogen functional groups attached to an aromatic ring is 1. The number of hydrogen-bond acceptors (Lipinski definition) is 5. The van der Waals surface area contributed by atoms with Crippen molar-refractivity contribution in [3.63, 3.8) is 0 Å². The lowest BCUT2D eigenvalue weighted by Gasteiger charge is -2.04. The smallest absolute Gasteiger partial charge is 0.359 e. The zero-order chi connectivity index (χ0) is 14.7. The number of nitrogens with zero attached hydrogens (tertiary/aromatic N) is 2. The number of halogens is 1. The number of esters is 1. The zero-order valence-corrected chi connectivity index (χ0v) is 12.3. The SMILES string of the molecule is C.CCOC(=O)c1nn(-c2cccc(Br)c2)c(N)c1C=O. The quantitative estimate of drug-likeness (QED) is 0.674. The predicted molar refractivity (Wildman–Crippen MR) is 83.8 cm³/mol. The summed E-state index contributed by atoms with van der Waals surface area (Å²) in [5.74, 6) is -0.573. The Morgan fingerprint density at radius 3 is 2.81 bits per heavy atom. The van der Waals surface area contributed by atoms with E-state index in [9.17, 15) is 9.59 Å². The van der Waals surface area contributed by atoms with Gasteiger partial charge in [0, 0.05) is 4.47 Å². The molecule has 0 amide bonds. The molecule has 6 nitrogen and oxygen atoms in total. The van der Waals surface area contributed by atoms with Gasteiger partial charge in [-0.3, -0.25) is 4.79 Å². The van der Waals surface area contributed by atoms with Crippen LogP contribution in [0.4, 0.5) is 5.82 Å². The average molecular weight is 354 g/mol. The first-order valence-corrected chi connectivity index (χ1v) is 6.64. The molecule has 0 fully saturated rings. The predicted octanol–water partition coefficient (Wildman–Crippen LogP) is 2.84. The summed E-state index contributed by atoms with van der Waals surface area (Å²) in [7, 11) is 0. The third-order valence-electron chi connectivity index (χ3n) is 2.60. The van der Waals surface area contributed by atoms with Crippen molar-refractivity contribution >= 4 is 34.0 Å². The van der Waals surface area contributed by atoms with E-state index in [4.69, 9.17) is 10.5 Å². The Balaban J connectivity index is 0.00000220. The first-order chi connectivity index (χ1) is 9.58. The summed E-state index contributed by atoms with van der Waals surface area (Å²) in [5, 5.41) is 4.08. The second-order valence-electron chi connectivity index (χ2n) is 3.88. The van der Waals surface area contributed by atoms with E-state index in [-0.39, 0.29) is 31.1 Å². The number of aromatic nitrogens is 2. The van der Waals surface area contributed by atoms with Crippen molar-refractivity contribution in [2.75, 3.05) is 12.3 Å². The molecule has 2 N–H and O–H groups in total. The number of ether oxygens (including phenoxy) is 1. The van der Waals surface area contributed by atoms with E-state index in [1.54, 1.807) is 25.1 Å². The fraction of sp³-hybridized carbons (Fsp3) is 0.214. The molecule has 2 aromatic rings. The van der Waals surface area contributed by atoms with Gasteiger partial charge in [0.1, 0.15) is 5.82 Å². The van der Waals surface area contributed by atoms with Gasteiger partial charge in [0.15, 0.2) is 12.0 Å². The number of rotatable bonds is 4. The highest BCUT2D eigenvalue weighted by molar-refractivity contribution is 9.10. The summed E-state index contributed by atoms with van der Waals surface area (Å²) in [6.45, 7) is 1.87. The molecule has 112 valence electrons. The van der Waals surface area contributed by atoms with Crippen LogP contribution in [0, 0.1) is 0 Å². The van der Waals surface area contributed by atoms with Gasteiger partial charge in [-0.25, -0.2) is 9.48 Å². The molecule has 0 aliphatic carbocycles. The second kappa shape index (κ2) is 7.03. The van der Waals surface area contributed by atoms with Gasteiger partial charge < -0.3 is 10.5 Å². The standard InChI is InChI=1S/C13H12BrN3O3.CH4/c1-2-20-13(19)11-10(7-18)12(15)17(16-11)9-5-3-4-8(14)6-9;/h3-7H,2,15H2,1H3;1H4. The molecule has 0 unspecified atom stereocenters. The van der Waals surface area contributed by atoms with Gasteiger partial charge in [-0.2, -0.15) is 5.10 Å². The van der Waals surface area contributed by atoms with Crippen LogP contribution in [0.1, 0.15) is 35.2 Å². The lowest BCUT2D eigenvalue weighted by molar-refractivity contribution is 0.0517. The Bertz CT molecular complexity index is 667. The molecule has 0 spiro atoms. The number of aldehydes is 1. The largest absolute Gasteiger partial charge is 0.461 e. The van der Waals surface area contributed by atoms with E-state index in [1.165, 1.54) is 4.68 Å². The molecule has 7 heteroatoms. The number of benzene rings is 1. The zero-order valence-electron chi connectivity index (χ0n) is 10.7. The number of nitrogens with two attached hydrogens (primary N) is 1. The Hall–Kier alpha value is -2.15. The maximum atomic E-state index is 11.8. The topological polar surface area (TPSA) is 87.2 Å². The van der Waals surface area contributed by atoms with E-state index in [2.05, 4.69) is 21.0 Å². The van der Waals surface area contributed by atoms with Gasteiger partial charge in [0.05, 0.1) is 17.9 Å². The molecule has 0 atom stereocenters. The van der Waals surface area contributed by atoms with Gasteiger partial charge in [0.25, 0.3) is 0 Å². The molecule has 2 rings (SSSR count). The molecule has 0 radical (unpaired) electrons. The van der Waals surface area contributed by atoms with Gasteiger partial charge in [-0.1, -0.05) is 29.4 Å². The molecular formula is C14H16BrN3O3. The highest BCUT2D eigenvalue weighted by Crippen LogP contribution is 2.22. The summed E-state index contributed by atoms with van der Waals surface area (Å²) in [4.78, 5) is 22.9. The number of carbonyl (C=O) groups is 2. The fourth-order valence-electron chi connectivity index (χ4n) is 1.71. The Labute approximate surface area is 131 Å². The molecule has 1 heterocycles. The minimum Gasteiger partial charge on any atom is -0.461 e. The van der Waals surface area contributed by atoms with Crippen molar-refractivity contribution in [3.8, 4) is 5.69 Å². The maximum absolute atomic E-state index is 11.8. The lowest BCUT2D eigenvalue weighted by atomic mass is 10.2. The average Bonchev–Trinajstić information content (AvgIpc) is 2.76. The van der Waals surface area contributed by atoms with E-state index in [0.29, 0.717) is 12.0 Å². The first kappa shape index (κ1) is 16.9. The van der Waals surface area contributed by atoms with Crippen molar-refractivity contribution in [2.24, 2.45) is 0 Å². The molecule has 0 saturated heterocycles. The monoisotopic (exact) mass is 353 g/mol. The summed E-state index contributed by atoms with van der Waals surface area (Å²) in [6, 6.07) is 7.17. The fourth-order valence-corrected chi connectivity index (χ4v) is 2.10. The summed E-state index contributed by atoms with van der Waals surface area (Å²) >= 11 is 3.34. The highest BCUT2D eigenvalue weighted by Gasteiger charge is 2.22. The minimum atomic E-state index is -0.671. The minimum absolute atomic E-state index is 0. The van der Waals surface area contributed by atoms with Gasteiger partial charge in [-0.05, 0) is 25.1 Å². The highest BCUT2D eigenvalue weighted by atomic mass is 79.9. The van der Waals surface area contributed by atoms with Crippen molar-refractivity contribution in [3.05, 3.63) is 40.0 Å². The third-order valence-corrected chi connectivity index (χ3v) is 3.09. The van der Waals surface area contributed by atoms with Crippen LogP contribution in [-0.2, 0) is 4.74 Å². The van der Waals surface area contributed by atoms with Crippen molar-refractivity contribution in [2.45, 2.75) is 14.4 Å².